The lowest BCUT2D eigenvalue weighted by atomic mass is 9.94. The molecule has 0 aliphatic carbocycles. The van der Waals surface area contributed by atoms with Crippen molar-refractivity contribution in [1.82, 2.24) is 0 Å². The molecule has 0 amide bonds. The topological polar surface area (TPSA) is 0 Å². The molecule has 0 aliphatic rings. The number of hydrogen-bond acceptors (Lipinski definition) is 0. The van der Waals surface area contributed by atoms with Crippen molar-refractivity contribution < 1.29 is 4.39 Å². The Morgan fingerprint density at radius 2 is 1.68 bits per heavy atom. The molecule has 0 aliphatic heterocycles. The molecule has 1 unspecified atom stereocenters. The first kappa shape index (κ1) is 14.5. The molecule has 0 aromatic heterocycles. The third-order valence-electron chi connectivity index (χ3n) is 3.07. The number of alkyl halides is 1. The minimum atomic E-state index is -0.186. The van der Waals surface area contributed by atoms with Crippen LogP contribution < -0.4 is 0 Å². The SMILES string of the molecule is Fc1ccc(CC(CBr)Cc2cccc(Cl)c2)cc1. The van der Waals surface area contributed by atoms with E-state index in [-0.39, 0.29) is 5.82 Å². The summed E-state index contributed by atoms with van der Waals surface area (Å²) in [7, 11) is 0. The average molecular weight is 342 g/mol. The summed E-state index contributed by atoms with van der Waals surface area (Å²) in [6.45, 7) is 0. The standard InChI is InChI=1S/C16H15BrClF/c17-11-14(8-12-4-6-16(19)7-5-12)9-13-2-1-3-15(18)10-13/h1-7,10,14H,8-9,11H2. The first-order valence-corrected chi connectivity index (χ1v) is 7.72. The van der Waals surface area contributed by atoms with Gasteiger partial charge in [0.1, 0.15) is 5.82 Å². The van der Waals surface area contributed by atoms with Crippen LogP contribution in [0.2, 0.25) is 5.02 Å². The molecular weight excluding hydrogens is 327 g/mol. The van der Waals surface area contributed by atoms with E-state index in [1.807, 2.05) is 30.3 Å². The summed E-state index contributed by atoms with van der Waals surface area (Å²) in [6.07, 6.45) is 1.89. The van der Waals surface area contributed by atoms with Crippen LogP contribution in [0.1, 0.15) is 11.1 Å². The molecule has 0 radical (unpaired) electrons. The van der Waals surface area contributed by atoms with Crippen LogP contribution in [0.3, 0.4) is 0 Å². The first-order chi connectivity index (χ1) is 9.17. The third kappa shape index (κ3) is 4.63. The molecule has 2 rings (SSSR count). The van der Waals surface area contributed by atoms with Crippen LogP contribution >= 0.6 is 27.5 Å². The van der Waals surface area contributed by atoms with Gasteiger partial charge in [-0.2, -0.15) is 0 Å². The number of halogens is 3. The Morgan fingerprint density at radius 1 is 1.00 bits per heavy atom. The summed E-state index contributed by atoms with van der Waals surface area (Å²) in [6, 6.07) is 14.7. The van der Waals surface area contributed by atoms with Crippen molar-refractivity contribution in [2.75, 3.05) is 5.33 Å². The van der Waals surface area contributed by atoms with E-state index in [1.54, 1.807) is 0 Å². The molecule has 2 aromatic rings. The maximum Gasteiger partial charge on any atom is 0.123 e. The van der Waals surface area contributed by atoms with E-state index in [9.17, 15) is 4.39 Å². The molecular formula is C16H15BrClF. The largest absolute Gasteiger partial charge is 0.207 e. The molecule has 0 heterocycles. The molecule has 0 N–H and O–H groups in total. The van der Waals surface area contributed by atoms with Gasteiger partial charge >= 0.3 is 0 Å². The zero-order valence-electron chi connectivity index (χ0n) is 10.5. The first-order valence-electron chi connectivity index (χ1n) is 6.22. The molecule has 0 spiro atoms. The fourth-order valence-electron chi connectivity index (χ4n) is 2.13. The maximum absolute atomic E-state index is 12.9. The molecule has 19 heavy (non-hydrogen) atoms. The minimum Gasteiger partial charge on any atom is -0.207 e. The highest BCUT2D eigenvalue weighted by molar-refractivity contribution is 9.09. The molecule has 0 nitrogen and oxygen atoms in total. The lowest BCUT2D eigenvalue weighted by molar-refractivity contribution is 0.587. The Morgan fingerprint density at radius 3 is 2.32 bits per heavy atom. The van der Waals surface area contributed by atoms with Crippen LogP contribution in [0.15, 0.2) is 48.5 Å². The Kier molecular flexibility index (Phi) is 5.41. The predicted octanol–water partition coefficient (Wildman–Crippen LogP) is 5.28. The molecule has 3 heteroatoms. The molecule has 1 atom stereocenters. The van der Waals surface area contributed by atoms with Gasteiger partial charge in [-0.1, -0.05) is 51.8 Å². The molecule has 2 aromatic carbocycles. The van der Waals surface area contributed by atoms with Gasteiger partial charge in [-0.25, -0.2) is 4.39 Å². The second kappa shape index (κ2) is 7.06. The lowest BCUT2D eigenvalue weighted by Crippen LogP contribution is -2.10. The van der Waals surface area contributed by atoms with Crippen LogP contribution in [0.5, 0.6) is 0 Å². The van der Waals surface area contributed by atoms with Crippen molar-refractivity contribution in [2.45, 2.75) is 12.8 Å². The monoisotopic (exact) mass is 340 g/mol. The quantitative estimate of drug-likeness (QED) is 0.649. The zero-order chi connectivity index (χ0) is 13.7. The van der Waals surface area contributed by atoms with E-state index >= 15 is 0 Å². The Hall–Kier alpha value is -0.860. The fraction of sp³-hybridized carbons (Fsp3) is 0.250. The highest BCUT2D eigenvalue weighted by Gasteiger charge is 2.10. The predicted molar refractivity (Wildman–Crippen MR) is 82.5 cm³/mol. The Bertz CT molecular complexity index is 525. The number of hydrogen-bond donors (Lipinski definition) is 0. The van der Waals surface area contributed by atoms with Crippen molar-refractivity contribution >= 4 is 27.5 Å². The van der Waals surface area contributed by atoms with Gasteiger partial charge in [0, 0.05) is 10.4 Å². The number of rotatable bonds is 5. The van der Waals surface area contributed by atoms with Crippen molar-refractivity contribution in [2.24, 2.45) is 5.92 Å². The summed E-state index contributed by atoms with van der Waals surface area (Å²) < 4.78 is 12.9. The Labute approximate surface area is 126 Å². The fourth-order valence-corrected chi connectivity index (χ4v) is 2.80. The zero-order valence-corrected chi connectivity index (χ0v) is 12.8. The van der Waals surface area contributed by atoms with E-state index in [2.05, 4.69) is 22.0 Å². The summed E-state index contributed by atoms with van der Waals surface area (Å²) in [5.41, 5.74) is 2.40. The van der Waals surface area contributed by atoms with Crippen LogP contribution in [0.4, 0.5) is 4.39 Å². The van der Waals surface area contributed by atoms with E-state index in [0.29, 0.717) is 5.92 Å². The van der Waals surface area contributed by atoms with Gasteiger partial charge in [-0.15, -0.1) is 0 Å². The van der Waals surface area contributed by atoms with Gasteiger partial charge in [0.05, 0.1) is 0 Å². The van der Waals surface area contributed by atoms with Crippen molar-refractivity contribution in [3.63, 3.8) is 0 Å². The second-order valence-electron chi connectivity index (χ2n) is 4.68. The van der Waals surface area contributed by atoms with E-state index in [4.69, 9.17) is 11.6 Å². The average Bonchev–Trinajstić information content (AvgIpc) is 2.40. The van der Waals surface area contributed by atoms with Crippen molar-refractivity contribution in [3.05, 3.63) is 70.5 Å². The van der Waals surface area contributed by atoms with Gasteiger partial charge in [0.2, 0.25) is 0 Å². The Balaban J connectivity index is 2.02. The van der Waals surface area contributed by atoms with Crippen molar-refractivity contribution in [1.29, 1.82) is 0 Å². The van der Waals surface area contributed by atoms with Crippen LogP contribution in [-0.2, 0) is 12.8 Å². The summed E-state index contributed by atoms with van der Waals surface area (Å²) in [4.78, 5) is 0. The maximum atomic E-state index is 12.9. The van der Waals surface area contributed by atoms with Gasteiger partial charge in [0.25, 0.3) is 0 Å². The summed E-state index contributed by atoms with van der Waals surface area (Å²) >= 11 is 9.55. The van der Waals surface area contributed by atoms with E-state index in [1.165, 1.54) is 17.7 Å². The van der Waals surface area contributed by atoms with Crippen LogP contribution in [0.25, 0.3) is 0 Å². The minimum absolute atomic E-state index is 0.186. The lowest BCUT2D eigenvalue weighted by Gasteiger charge is -2.14. The number of benzene rings is 2. The molecule has 0 saturated carbocycles. The van der Waals surface area contributed by atoms with Crippen molar-refractivity contribution in [3.8, 4) is 0 Å². The van der Waals surface area contributed by atoms with Gasteiger partial charge in [-0.3, -0.25) is 0 Å². The molecule has 0 fully saturated rings. The molecule has 100 valence electrons. The second-order valence-corrected chi connectivity index (χ2v) is 5.77. The molecule has 0 saturated heterocycles. The van der Waals surface area contributed by atoms with Gasteiger partial charge in [-0.05, 0) is 54.2 Å². The molecule has 0 bridgehead atoms. The van der Waals surface area contributed by atoms with Crippen LogP contribution in [-0.4, -0.2) is 5.33 Å². The highest BCUT2D eigenvalue weighted by Crippen LogP contribution is 2.19. The normalized spacial score (nSPS) is 12.4. The van der Waals surface area contributed by atoms with Gasteiger partial charge < -0.3 is 0 Å². The summed E-state index contributed by atoms with van der Waals surface area (Å²) in [5, 5.41) is 1.68. The van der Waals surface area contributed by atoms with Gasteiger partial charge in [0.15, 0.2) is 0 Å². The van der Waals surface area contributed by atoms with E-state index in [0.717, 1.165) is 28.8 Å². The van der Waals surface area contributed by atoms with E-state index < -0.39 is 0 Å². The highest BCUT2D eigenvalue weighted by atomic mass is 79.9. The summed E-state index contributed by atoms with van der Waals surface area (Å²) in [5.74, 6) is 0.290. The smallest absolute Gasteiger partial charge is 0.123 e. The van der Waals surface area contributed by atoms with Crippen LogP contribution in [0, 0.1) is 11.7 Å². The third-order valence-corrected chi connectivity index (χ3v) is 4.22.